The van der Waals surface area contributed by atoms with Crippen LogP contribution in [0, 0.1) is 0 Å². The lowest BCUT2D eigenvalue weighted by Crippen LogP contribution is -2.54. The van der Waals surface area contributed by atoms with Crippen molar-refractivity contribution in [2.24, 2.45) is 5.73 Å². The Balaban J connectivity index is 0.00000161. The molecule has 0 bridgehead atoms. The lowest BCUT2D eigenvalue weighted by molar-refractivity contribution is -0.124. The van der Waals surface area contributed by atoms with Crippen molar-refractivity contribution in [2.45, 2.75) is 50.6 Å². The second-order valence-corrected chi connectivity index (χ2v) is 5.77. The minimum atomic E-state index is -0.825. The monoisotopic (exact) mass is 314 g/mol. The van der Waals surface area contributed by atoms with Crippen LogP contribution >= 0.6 is 12.4 Å². The molecule has 21 heavy (non-hydrogen) atoms. The largest absolute Gasteiger partial charge is 0.381 e. The molecule has 3 N–H and O–H groups in total. The Kier molecular flexibility index (Phi) is 4.91. The summed E-state index contributed by atoms with van der Waals surface area (Å²) >= 11 is 0. The van der Waals surface area contributed by atoms with E-state index in [4.69, 9.17) is 10.5 Å². The summed E-state index contributed by atoms with van der Waals surface area (Å²) in [6, 6.07) is 1.99. The van der Waals surface area contributed by atoms with Gasteiger partial charge < -0.3 is 15.8 Å². The van der Waals surface area contributed by atoms with Crippen LogP contribution in [0.3, 0.4) is 0 Å². The van der Waals surface area contributed by atoms with Gasteiger partial charge in [-0.3, -0.25) is 9.48 Å². The first kappa shape index (κ1) is 16.3. The Morgan fingerprint density at radius 1 is 1.52 bits per heavy atom. The summed E-state index contributed by atoms with van der Waals surface area (Å²) in [5.41, 5.74) is 6.57. The normalized spacial score (nSPS) is 20.7. The SMILES string of the molecule is CCn1nc(NC(=O)C2(N)CCOCC2)cc1C1CC1.Cl. The van der Waals surface area contributed by atoms with Gasteiger partial charge >= 0.3 is 0 Å². The van der Waals surface area contributed by atoms with Crippen LogP contribution in [-0.4, -0.2) is 34.4 Å². The average molecular weight is 315 g/mol. The van der Waals surface area contributed by atoms with Crippen molar-refractivity contribution in [3.05, 3.63) is 11.8 Å². The third kappa shape index (κ3) is 3.39. The summed E-state index contributed by atoms with van der Waals surface area (Å²) < 4.78 is 7.24. The van der Waals surface area contributed by atoms with Gasteiger partial charge in [0.2, 0.25) is 5.91 Å². The predicted octanol–water partition coefficient (Wildman–Crippen LogP) is 1.65. The van der Waals surface area contributed by atoms with Gasteiger partial charge in [0.15, 0.2) is 5.82 Å². The highest BCUT2D eigenvalue weighted by Crippen LogP contribution is 2.40. The molecule has 1 aromatic rings. The van der Waals surface area contributed by atoms with Crippen molar-refractivity contribution in [1.29, 1.82) is 0 Å². The molecule has 2 fully saturated rings. The van der Waals surface area contributed by atoms with E-state index in [2.05, 4.69) is 17.3 Å². The number of rotatable bonds is 4. The first-order chi connectivity index (χ1) is 9.62. The lowest BCUT2D eigenvalue weighted by Gasteiger charge is -2.31. The Morgan fingerprint density at radius 3 is 2.76 bits per heavy atom. The summed E-state index contributed by atoms with van der Waals surface area (Å²) in [7, 11) is 0. The van der Waals surface area contributed by atoms with Gasteiger partial charge in [0.05, 0.1) is 0 Å². The molecule has 6 nitrogen and oxygen atoms in total. The number of nitrogens with zero attached hydrogens (tertiary/aromatic N) is 2. The van der Waals surface area contributed by atoms with Crippen LogP contribution in [0.2, 0.25) is 0 Å². The highest BCUT2D eigenvalue weighted by Gasteiger charge is 2.36. The summed E-state index contributed by atoms with van der Waals surface area (Å²) in [5, 5.41) is 7.33. The molecule has 118 valence electrons. The van der Waals surface area contributed by atoms with Crippen LogP contribution in [0.25, 0.3) is 0 Å². The fourth-order valence-corrected chi connectivity index (χ4v) is 2.66. The number of halogens is 1. The van der Waals surface area contributed by atoms with Gasteiger partial charge in [-0.15, -0.1) is 12.4 Å². The summed E-state index contributed by atoms with van der Waals surface area (Å²) in [5.74, 6) is 1.09. The molecule has 1 aromatic heterocycles. The summed E-state index contributed by atoms with van der Waals surface area (Å²) in [6.07, 6.45) is 3.56. The highest BCUT2D eigenvalue weighted by molar-refractivity contribution is 5.97. The van der Waals surface area contributed by atoms with Gasteiger partial charge in [-0.2, -0.15) is 5.10 Å². The Labute approximate surface area is 130 Å². The van der Waals surface area contributed by atoms with Crippen LogP contribution in [0.15, 0.2) is 6.07 Å². The maximum atomic E-state index is 12.3. The highest BCUT2D eigenvalue weighted by atomic mass is 35.5. The van der Waals surface area contributed by atoms with Crippen molar-refractivity contribution in [1.82, 2.24) is 9.78 Å². The Hall–Kier alpha value is -1.11. The van der Waals surface area contributed by atoms with Gasteiger partial charge in [0.1, 0.15) is 5.54 Å². The topological polar surface area (TPSA) is 82.2 Å². The van der Waals surface area contributed by atoms with E-state index in [0.717, 1.165) is 6.54 Å². The third-order valence-corrected chi connectivity index (χ3v) is 4.19. The van der Waals surface area contributed by atoms with Crippen molar-refractivity contribution in [3.63, 3.8) is 0 Å². The quantitative estimate of drug-likeness (QED) is 0.885. The molecular weight excluding hydrogens is 292 g/mol. The maximum absolute atomic E-state index is 12.3. The third-order valence-electron chi connectivity index (χ3n) is 4.19. The van der Waals surface area contributed by atoms with Crippen LogP contribution < -0.4 is 11.1 Å². The average Bonchev–Trinajstić information content (AvgIpc) is 3.21. The molecule has 2 heterocycles. The van der Waals surface area contributed by atoms with Crippen LogP contribution in [0.4, 0.5) is 5.82 Å². The number of carbonyl (C=O) groups is 1. The zero-order valence-corrected chi connectivity index (χ0v) is 13.1. The molecule has 1 saturated heterocycles. The van der Waals surface area contributed by atoms with Crippen molar-refractivity contribution >= 4 is 24.1 Å². The van der Waals surface area contributed by atoms with Crippen molar-refractivity contribution < 1.29 is 9.53 Å². The standard InChI is InChI=1S/C14H22N4O2.ClH/c1-2-18-11(10-3-4-10)9-12(17-18)16-13(19)14(15)5-7-20-8-6-14;/h9-10H,2-8,15H2,1H3,(H,16,17,19);1H. The van der Waals surface area contributed by atoms with Crippen molar-refractivity contribution in [2.75, 3.05) is 18.5 Å². The second-order valence-electron chi connectivity index (χ2n) is 5.77. The number of nitrogens with two attached hydrogens (primary N) is 1. The maximum Gasteiger partial charge on any atom is 0.245 e. The number of aryl methyl sites for hydroxylation is 1. The zero-order valence-electron chi connectivity index (χ0n) is 12.3. The Morgan fingerprint density at radius 2 is 2.19 bits per heavy atom. The number of ether oxygens (including phenoxy) is 1. The van der Waals surface area contributed by atoms with Gasteiger partial charge in [0, 0.05) is 37.4 Å². The minimum Gasteiger partial charge on any atom is -0.381 e. The molecule has 7 heteroatoms. The second kappa shape index (κ2) is 6.34. The summed E-state index contributed by atoms with van der Waals surface area (Å²) in [4.78, 5) is 12.3. The van der Waals surface area contributed by atoms with E-state index in [9.17, 15) is 4.79 Å². The number of amides is 1. The van der Waals surface area contributed by atoms with E-state index < -0.39 is 5.54 Å². The van der Waals surface area contributed by atoms with Gasteiger partial charge in [-0.1, -0.05) is 0 Å². The number of hydrogen-bond acceptors (Lipinski definition) is 4. The van der Waals surface area contributed by atoms with Gasteiger partial charge in [-0.05, 0) is 32.6 Å². The molecule has 2 aliphatic rings. The number of anilines is 1. The van der Waals surface area contributed by atoms with E-state index in [1.165, 1.54) is 18.5 Å². The molecule has 0 spiro atoms. The molecule has 1 amide bonds. The van der Waals surface area contributed by atoms with E-state index >= 15 is 0 Å². The first-order valence-corrected chi connectivity index (χ1v) is 7.38. The number of nitrogens with one attached hydrogen (secondary N) is 1. The molecule has 1 aliphatic heterocycles. The summed E-state index contributed by atoms with van der Waals surface area (Å²) in [6.45, 7) is 3.97. The van der Waals surface area contributed by atoms with E-state index in [1.54, 1.807) is 0 Å². The number of aromatic nitrogens is 2. The molecule has 0 unspecified atom stereocenters. The predicted molar refractivity (Wildman–Crippen MR) is 82.7 cm³/mol. The number of hydrogen-bond donors (Lipinski definition) is 2. The van der Waals surface area contributed by atoms with Crippen LogP contribution in [0.1, 0.15) is 44.2 Å². The minimum absolute atomic E-state index is 0. The van der Waals surface area contributed by atoms with Crippen molar-refractivity contribution in [3.8, 4) is 0 Å². The Bertz CT molecular complexity index is 507. The fourth-order valence-electron chi connectivity index (χ4n) is 2.66. The van der Waals surface area contributed by atoms with E-state index in [0.29, 0.717) is 37.8 Å². The van der Waals surface area contributed by atoms with E-state index in [-0.39, 0.29) is 18.3 Å². The molecular formula is C14H23ClN4O2. The molecule has 1 aliphatic carbocycles. The molecule has 0 radical (unpaired) electrons. The molecule has 0 aromatic carbocycles. The number of carbonyl (C=O) groups excluding carboxylic acids is 1. The molecule has 1 saturated carbocycles. The smallest absolute Gasteiger partial charge is 0.245 e. The lowest BCUT2D eigenvalue weighted by atomic mass is 9.90. The van der Waals surface area contributed by atoms with Crippen LogP contribution in [0.5, 0.6) is 0 Å². The van der Waals surface area contributed by atoms with Gasteiger partial charge in [-0.25, -0.2) is 0 Å². The van der Waals surface area contributed by atoms with Gasteiger partial charge in [0.25, 0.3) is 0 Å². The molecule has 3 rings (SSSR count). The zero-order chi connectivity index (χ0) is 14.2. The first-order valence-electron chi connectivity index (χ1n) is 7.38. The van der Waals surface area contributed by atoms with Crippen LogP contribution in [-0.2, 0) is 16.1 Å². The van der Waals surface area contributed by atoms with E-state index in [1.807, 2.05) is 10.7 Å². The molecule has 0 atom stereocenters. The fraction of sp³-hybridized carbons (Fsp3) is 0.714.